The zero-order valence-corrected chi connectivity index (χ0v) is 13.1. The number of carbonyl (C=O) groups excluding carboxylic acids is 1. The van der Waals surface area contributed by atoms with Gasteiger partial charge in [0.05, 0.1) is 0 Å². The van der Waals surface area contributed by atoms with Crippen molar-refractivity contribution >= 4 is 28.2 Å². The summed E-state index contributed by atoms with van der Waals surface area (Å²) >= 11 is 1.41. The fourth-order valence-electron chi connectivity index (χ4n) is 2.50. The lowest BCUT2D eigenvalue weighted by Gasteiger charge is -2.25. The number of amides is 1. The topological polar surface area (TPSA) is 71.2 Å². The molecule has 1 atom stereocenters. The Morgan fingerprint density at radius 2 is 2.15 bits per heavy atom. The molecule has 1 aromatic rings. The average Bonchev–Trinajstić information content (AvgIpc) is 2.82. The molecule has 0 aromatic carbocycles. The molecule has 1 aliphatic heterocycles. The van der Waals surface area contributed by atoms with Crippen LogP contribution in [-0.4, -0.2) is 30.0 Å². The van der Waals surface area contributed by atoms with E-state index in [1.807, 2.05) is 6.92 Å². The first kappa shape index (κ1) is 15.1. The van der Waals surface area contributed by atoms with E-state index in [0.717, 1.165) is 31.1 Å². The van der Waals surface area contributed by atoms with E-state index in [1.165, 1.54) is 30.6 Å². The predicted octanol–water partition coefficient (Wildman–Crippen LogP) is 2.63. The smallest absolute Gasteiger partial charge is 0.265 e. The van der Waals surface area contributed by atoms with Crippen molar-refractivity contribution in [3.8, 4) is 0 Å². The van der Waals surface area contributed by atoms with Crippen molar-refractivity contribution in [2.24, 2.45) is 0 Å². The van der Waals surface area contributed by atoms with E-state index >= 15 is 0 Å². The zero-order valence-electron chi connectivity index (χ0n) is 12.3. The van der Waals surface area contributed by atoms with E-state index in [-0.39, 0.29) is 11.9 Å². The molecule has 1 aliphatic rings. The number of nitrogens with zero attached hydrogens (tertiary/aromatic N) is 2. The summed E-state index contributed by atoms with van der Waals surface area (Å²) in [5.41, 5.74) is 5.91. The Balaban J connectivity index is 2.04. The summed E-state index contributed by atoms with van der Waals surface area (Å²) in [7, 11) is 0. The molecule has 0 radical (unpaired) electrons. The van der Waals surface area contributed by atoms with Gasteiger partial charge >= 0.3 is 0 Å². The summed E-state index contributed by atoms with van der Waals surface area (Å²) in [5.74, 6) is 0.265. The van der Waals surface area contributed by atoms with Gasteiger partial charge in [0.1, 0.15) is 10.7 Å². The van der Waals surface area contributed by atoms with Gasteiger partial charge in [-0.25, -0.2) is 4.98 Å². The maximum atomic E-state index is 12.2. The van der Waals surface area contributed by atoms with Gasteiger partial charge in [-0.1, -0.05) is 24.7 Å². The molecule has 2 heterocycles. The molecule has 0 spiro atoms. The summed E-state index contributed by atoms with van der Waals surface area (Å²) in [6.45, 7) is 6.16. The van der Waals surface area contributed by atoms with Crippen LogP contribution in [0.15, 0.2) is 0 Å². The number of nitrogen functional groups attached to an aromatic ring is 1. The second kappa shape index (κ2) is 6.92. The molecule has 5 nitrogen and oxygen atoms in total. The van der Waals surface area contributed by atoms with Crippen LogP contribution in [-0.2, 0) is 0 Å². The molecular formula is C14H24N4OS. The number of thiazole rings is 1. The quantitative estimate of drug-likeness (QED) is 0.876. The normalized spacial score (nSPS) is 17.0. The van der Waals surface area contributed by atoms with E-state index in [9.17, 15) is 4.79 Å². The van der Waals surface area contributed by atoms with Gasteiger partial charge < -0.3 is 16.0 Å². The largest absolute Gasteiger partial charge is 0.382 e. The van der Waals surface area contributed by atoms with Crippen LogP contribution < -0.4 is 16.0 Å². The molecule has 1 aromatic heterocycles. The highest BCUT2D eigenvalue weighted by atomic mass is 32.1. The number of nitrogens with one attached hydrogen (secondary N) is 1. The SMILES string of the molecule is CCCC(C)NC(=O)c1sc(N2CCCCC2)nc1N. The monoisotopic (exact) mass is 296 g/mol. The first-order chi connectivity index (χ1) is 9.61. The van der Waals surface area contributed by atoms with Gasteiger partial charge in [0, 0.05) is 19.1 Å². The van der Waals surface area contributed by atoms with Crippen LogP contribution in [0.1, 0.15) is 55.6 Å². The number of anilines is 2. The number of hydrogen-bond acceptors (Lipinski definition) is 5. The molecule has 1 unspecified atom stereocenters. The first-order valence-corrected chi connectivity index (χ1v) is 8.25. The van der Waals surface area contributed by atoms with E-state index in [4.69, 9.17) is 5.73 Å². The number of aromatic nitrogens is 1. The minimum Gasteiger partial charge on any atom is -0.382 e. The van der Waals surface area contributed by atoms with Gasteiger partial charge in [0.15, 0.2) is 5.13 Å². The average molecular weight is 296 g/mol. The second-order valence-corrected chi connectivity index (χ2v) is 6.40. The lowest BCUT2D eigenvalue weighted by atomic mass is 10.1. The Morgan fingerprint density at radius 1 is 1.45 bits per heavy atom. The van der Waals surface area contributed by atoms with E-state index in [1.54, 1.807) is 0 Å². The van der Waals surface area contributed by atoms with Crippen LogP contribution in [0, 0.1) is 0 Å². The van der Waals surface area contributed by atoms with Crippen molar-refractivity contribution in [3.05, 3.63) is 4.88 Å². The third-order valence-electron chi connectivity index (χ3n) is 3.57. The molecule has 20 heavy (non-hydrogen) atoms. The van der Waals surface area contributed by atoms with Crippen molar-refractivity contribution in [1.29, 1.82) is 0 Å². The minimum absolute atomic E-state index is 0.0933. The summed E-state index contributed by atoms with van der Waals surface area (Å²) in [6, 6.07) is 0.174. The molecule has 0 saturated carbocycles. The summed E-state index contributed by atoms with van der Waals surface area (Å²) in [4.78, 5) is 19.4. The van der Waals surface area contributed by atoms with Gasteiger partial charge in [-0.05, 0) is 32.6 Å². The van der Waals surface area contributed by atoms with E-state index < -0.39 is 0 Å². The van der Waals surface area contributed by atoms with Crippen molar-refractivity contribution < 1.29 is 4.79 Å². The number of carbonyl (C=O) groups is 1. The lowest BCUT2D eigenvalue weighted by Crippen LogP contribution is -2.32. The molecule has 0 bridgehead atoms. The van der Waals surface area contributed by atoms with Crippen LogP contribution in [0.5, 0.6) is 0 Å². The highest BCUT2D eigenvalue weighted by Gasteiger charge is 2.21. The van der Waals surface area contributed by atoms with E-state index in [2.05, 4.69) is 22.1 Å². The number of rotatable bonds is 5. The van der Waals surface area contributed by atoms with Crippen LogP contribution in [0.4, 0.5) is 10.9 Å². The van der Waals surface area contributed by atoms with Crippen molar-refractivity contribution in [1.82, 2.24) is 10.3 Å². The third-order valence-corrected chi connectivity index (χ3v) is 4.70. The Bertz CT molecular complexity index is 454. The zero-order chi connectivity index (χ0) is 14.5. The molecule has 1 amide bonds. The van der Waals surface area contributed by atoms with Gasteiger partial charge in [-0.3, -0.25) is 4.79 Å². The van der Waals surface area contributed by atoms with Gasteiger partial charge in [0.25, 0.3) is 5.91 Å². The Kier molecular flexibility index (Phi) is 5.23. The highest BCUT2D eigenvalue weighted by Crippen LogP contribution is 2.30. The van der Waals surface area contributed by atoms with Crippen LogP contribution >= 0.6 is 11.3 Å². The summed E-state index contributed by atoms with van der Waals surface area (Å²) in [6.07, 6.45) is 5.68. The second-order valence-electron chi connectivity index (χ2n) is 5.42. The predicted molar refractivity (Wildman–Crippen MR) is 84.4 cm³/mol. The minimum atomic E-state index is -0.0933. The van der Waals surface area contributed by atoms with Crippen LogP contribution in [0.25, 0.3) is 0 Å². The Hall–Kier alpha value is -1.30. The molecule has 2 rings (SSSR count). The maximum absolute atomic E-state index is 12.2. The highest BCUT2D eigenvalue weighted by molar-refractivity contribution is 7.18. The van der Waals surface area contributed by atoms with Gasteiger partial charge in [-0.15, -0.1) is 0 Å². The fraction of sp³-hybridized carbons (Fsp3) is 0.714. The molecule has 6 heteroatoms. The molecule has 1 fully saturated rings. The van der Waals surface area contributed by atoms with E-state index in [0.29, 0.717) is 10.7 Å². The first-order valence-electron chi connectivity index (χ1n) is 7.44. The van der Waals surface area contributed by atoms with Gasteiger partial charge in [-0.2, -0.15) is 0 Å². The van der Waals surface area contributed by atoms with Crippen molar-refractivity contribution in [3.63, 3.8) is 0 Å². The number of nitrogens with two attached hydrogens (primary N) is 1. The lowest BCUT2D eigenvalue weighted by molar-refractivity contribution is 0.0943. The molecule has 112 valence electrons. The summed E-state index contributed by atoms with van der Waals surface area (Å²) < 4.78 is 0. The fourth-order valence-corrected chi connectivity index (χ4v) is 3.44. The number of hydrogen-bond donors (Lipinski definition) is 2. The van der Waals surface area contributed by atoms with Crippen molar-refractivity contribution in [2.75, 3.05) is 23.7 Å². The molecule has 0 aliphatic carbocycles. The molecule has 1 saturated heterocycles. The maximum Gasteiger partial charge on any atom is 0.265 e. The molecule has 3 N–H and O–H groups in total. The van der Waals surface area contributed by atoms with Crippen LogP contribution in [0.3, 0.4) is 0 Å². The Morgan fingerprint density at radius 3 is 2.80 bits per heavy atom. The third kappa shape index (κ3) is 3.62. The molecular weight excluding hydrogens is 272 g/mol. The Labute approximate surface area is 124 Å². The number of piperidine rings is 1. The van der Waals surface area contributed by atoms with Crippen LogP contribution in [0.2, 0.25) is 0 Å². The standard InChI is InChI=1S/C14H24N4OS/c1-3-7-10(2)16-13(19)11-12(15)17-14(20-11)18-8-5-4-6-9-18/h10H,3-9,15H2,1-2H3,(H,16,19). The van der Waals surface area contributed by atoms with Crippen molar-refractivity contribution in [2.45, 2.75) is 52.0 Å². The summed E-state index contributed by atoms with van der Waals surface area (Å²) in [5, 5.41) is 3.87. The van der Waals surface area contributed by atoms with Gasteiger partial charge in [0.2, 0.25) is 0 Å².